The van der Waals surface area contributed by atoms with E-state index in [1.54, 1.807) is 6.82 Å². The van der Waals surface area contributed by atoms with Crippen molar-refractivity contribution in [2.45, 2.75) is 32.9 Å². The SMILES string of the molecule is CB(F)BC(C)(C)C. The number of halogens is 1. The molecule has 0 radical (unpaired) electrons. The zero-order chi connectivity index (χ0) is 6.78. The minimum absolute atomic E-state index is 0.147. The van der Waals surface area contributed by atoms with Crippen LogP contribution < -0.4 is 0 Å². The summed E-state index contributed by atoms with van der Waals surface area (Å²) >= 11 is 0. The van der Waals surface area contributed by atoms with Gasteiger partial charge in [0.2, 0.25) is 0 Å². The fourth-order valence-electron chi connectivity index (χ4n) is 0.844. The van der Waals surface area contributed by atoms with E-state index < -0.39 is 6.88 Å². The average molecular weight is 114 g/mol. The van der Waals surface area contributed by atoms with Crippen molar-refractivity contribution in [3.8, 4) is 0 Å². The third kappa shape index (κ3) is 6.06. The molecule has 46 valence electrons. The van der Waals surface area contributed by atoms with E-state index in [4.69, 9.17) is 0 Å². The average Bonchev–Trinajstić information content (AvgIpc) is 1.21. The lowest BCUT2D eigenvalue weighted by molar-refractivity contribution is 0.754. The van der Waals surface area contributed by atoms with Crippen molar-refractivity contribution in [3.05, 3.63) is 0 Å². The molecule has 0 amide bonds. The Balaban J connectivity index is 3.39. The molecule has 0 fully saturated rings. The maximum absolute atomic E-state index is 12.2. The van der Waals surface area contributed by atoms with Crippen molar-refractivity contribution in [1.29, 1.82) is 0 Å². The Hall–Kier alpha value is 0.0599. The summed E-state index contributed by atoms with van der Waals surface area (Å²) in [6.07, 6.45) is 0. The first-order valence-corrected chi connectivity index (χ1v) is 3.06. The summed E-state index contributed by atoms with van der Waals surface area (Å²) in [6.45, 7) is 7.08. The van der Waals surface area contributed by atoms with E-state index in [1.165, 1.54) is 0 Å². The molecule has 0 bridgehead atoms. The molecule has 0 aromatic carbocycles. The molecule has 0 aliphatic carbocycles. The van der Waals surface area contributed by atoms with E-state index in [-0.39, 0.29) is 5.31 Å². The highest BCUT2D eigenvalue weighted by Gasteiger charge is 2.19. The largest absolute Gasteiger partial charge is 0.348 e. The second kappa shape index (κ2) is 2.56. The maximum atomic E-state index is 12.2. The summed E-state index contributed by atoms with van der Waals surface area (Å²) in [5, 5.41) is 0.147. The van der Waals surface area contributed by atoms with Gasteiger partial charge in [0.1, 0.15) is 7.17 Å². The summed E-state index contributed by atoms with van der Waals surface area (Å²) in [7, 11) is 0.660. The fraction of sp³-hybridized carbons (Fsp3) is 1.00. The summed E-state index contributed by atoms with van der Waals surface area (Å²) < 4.78 is 12.2. The Morgan fingerprint density at radius 3 is 1.75 bits per heavy atom. The second-order valence-corrected chi connectivity index (χ2v) is 3.55. The quantitative estimate of drug-likeness (QED) is 0.455. The van der Waals surface area contributed by atoms with Crippen LogP contribution in [0, 0.1) is 0 Å². The highest BCUT2D eigenvalue weighted by atomic mass is 19.1. The summed E-state index contributed by atoms with van der Waals surface area (Å²) in [5.41, 5.74) is 0. The molecule has 0 spiro atoms. The number of hydrogen-bond donors (Lipinski definition) is 0. The molecule has 3 heteroatoms. The Bertz CT molecular complexity index is 65.3. The van der Waals surface area contributed by atoms with Crippen LogP contribution >= 0.6 is 0 Å². The molecule has 0 aliphatic rings. The molecule has 0 unspecified atom stereocenters. The number of hydrogen-bond acceptors (Lipinski definition) is 0. The predicted molar refractivity (Wildman–Crippen MR) is 39.6 cm³/mol. The molecule has 0 N–H and O–H groups in total. The Labute approximate surface area is 52.2 Å². The minimum Gasteiger partial charge on any atom is -0.348 e. The van der Waals surface area contributed by atoms with Crippen LogP contribution in [0.5, 0.6) is 0 Å². The van der Waals surface area contributed by atoms with E-state index in [1.807, 2.05) is 20.8 Å². The summed E-state index contributed by atoms with van der Waals surface area (Å²) in [5.74, 6) is 0. The molecule has 0 nitrogen and oxygen atoms in total. The topological polar surface area (TPSA) is 0 Å². The van der Waals surface area contributed by atoms with Crippen molar-refractivity contribution in [3.63, 3.8) is 0 Å². The van der Waals surface area contributed by atoms with Crippen molar-refractivity contribution >= 4 is 14.1 Å². The van der Waals surface area contributed by atoms with E-state index in [0.717, 1.165) is 0 Å². The van der Waals surface area contributed by atoms with Gasteiger partial charge in [-0.3, -0.25) is 0 Å². The lowest BCUT2D eigenvalue weighted by Crippen LogP contribution is -2.21. The molecular formula is C5H13B2F. The first-order valence-electron chi connectivity index (χ1n) is 3.06. The van der Waals surface area contributed by atoms with Gasteiger partial charge in [-0.25, -0.2) is 0 Å². The molecule has 0 aromatic rings. The molecule has 0 heterocycles. The first kappa shape index (κ1) is 8.06. The highest BCUT2D eigenvalue weighted by Crippen LogP contribution is 2.20. The standard InChI is InChI=1S/C5H13B2F/c1-5(2,3)6-7(4)8/h6H,1-4H3. The zero-order valence-corrected chi connectivity index (χ0v) is 6.16. The fourth-order valence-corrected chi connectivity index (χ4v) is 0.844. The normalized spacial score (nSPS) is 11.1. The van der Waals surface area contributed by atoms with Gasteiger partial charge >= 0.3 is 6.88 Å². The monoisotopic (exact) mass is 114 g/mol. The van der Waals surface area contributed by atoms with Crippen LogP contribution in [0.3, 0.4) is 0 Å². The van der Waals surface area contributed by atoms with Gasteiger partial charge in [0.25, 0.3) is 0 Å². The van der Waals surface area contributed by atoms with Crippen molar-refractivity contribution in [1.82, 2.24) is 0 Å². The van der Waals surface area contributed by atoms with Gasteiger partial charge < -0.3 is 4.32 Å². The van der Waals surface area contributed by atoms with E-state index in [0.29, 0.717) is 7.17 Å². The van der Waals surface area contributed by atoms with Crippen LogP contribution in [-0.4, -0.2) is 14.1 Å². The Morgan fingerprint density at radius 2 is 1.75 bits per heavy atom. The van der Waals surface area contributed by atoms with Crippen LogP contribution in [-0.2, 0) is 0 Å². The zero-order valence-electron chi connectivity index (χ0n) is 6.16. The summed E-state index contributed by atoms with van der Waals surface area (Å²) in [4.78, 5) is 0. The van der Waals surface area contributed by atoms with E-state index in [9.17, 15) is 4.32 Å². The van der Waals surface area contributed by atoms with Gasteiger partial charge in [0.15, 0.2) is 0 Å². The van der Waals surface area contributed by atoms with Gasteiger partial charge in [-0.1, -0.05) is 32.9 Å². The highest BCUT2D eigenvalue weighted by molar-refractivity contribution is 7.09. The van der Waals surface area contributed by atoms with Gasteiger partial charge in [0.05, 0.1) is 0 Å². The Kier molecular flexibility index (Phi) is 2.58. The van der Waals surface area contributed by atoms with Crippen molar-refractivity contribution < 1.29 is 4.32 Å². The lowest BCUT2D eigenvalue weighted by atomic mass is 9.27. The molecule has 0 rings (SSSR count). The molecule has 0 saturated carbocycles. The predicted octanol–water partition coefficient (Wildman–Crippen LogP) is 1.73. The van der Waals surface area contributed by atoms with Gasteiger partial charge in [-0.2, -0.15) is 0 Å². The first-order chi connectivity index (χ1) is 3.42. The van der Waals surface area contributed by atoms with Crippen LogP contribution in [0.1, 0.15) is 20.8 Å². The van der Waals surface area contributed by atoms with Crippen molar-refractivity contribution in [2.24, 2.45) is 0 Å². The van der Waals surface area contributed by atoms with Crippen LogP contribution in [0.25, 0.3) is 0 Å². The smallest absolute Gasteiger partial charge is 0.303 e. The molecule has 0 saturated heterocycles. The maximum Gasteiger partial charge on any atom is 0.303 e. The van der Waals surface area contributed by atoms with Crippen LogP contribution in [0.2, 0.25) is 12.1 Å². The molecule has 0 aliphatic heterocycles. The molecular weight excluding hydrogens is 101 g/mol. The molecule has 8 heavy (non-hydrogen) atoms. The number of rotatable bonds is 1. The third-order valence-corrected chi connectivity index (χ3v) is 0.894. The van der Waals surface area contributed by atoms with Gasteiger partial charge in [-0.05, 0) is 0 Å². The third-order valence-electron chi connectivity index (χ3n) is 0.894. The second-order valence-electron chi connectivity index (χ2n) is 3.55. The Morgan fingerprint density at radius 1 is 1.38 bits per heavy atom. The van der Waals surface area contributed by atoms with Crippen molar-refractivity contribution in [2.75, 3.05) is 0 Å². The molecule has 0 atom stereocenters. The minimum atomic E-state index is -0.657. The van der Waals surface area contributed by atoms with E-state index in [2.05, 4.69) is 0 Å². The lowest BCUT2D eigenvalue weighted by Gasteiger charge is -2.14. The summed E-state index contributed by atoms with van der Waals surface area (Å²) in [6, 6.07) is 0. The van der Waals surface area contributed by atoms with Gasteiger partial charge in [0, 0.05) is 0 Å². The van der Waals surface area contributed by atoms with Crippen LogP contribution in [0.4, 0.5) is 4.32 Å². The van der Waals surface area contributed by atoms with Gasteiger partial charge in [-0.15, -0.1) is 0 Å². The van der Waals surface area contributed by atoms with E-state index >= 15 is 0 Å². The molecule has 0 aromatic heterocycles. The van der Waals surface area contributed by atoms with Crippen LogP contribution in [0.15, 0.2) is 0 Å².